The van der Waals surface area contributed by atoms with E-state index in [0.29, 0.717) is 11.5 Å². The molecule has 0 bridgehead atoms. The van der Waals surface area contributed by atoms with Crippen LogP contribution in [0.15, 0.2) is 24.3 Å². The number of carboxylic acids is 1. The molecule has 0 saturated carbocycles. The molecule has 0 saturated heterocycles. The zero-order valence-electron chi connectivity index (χ0n) is 10.9. The van der Waals surface area contributed by atoms with Crippen LogP contribution in [0, 0.1) is 0 Å². The minimum atomic E-state index is -0.832. The van der Waals surface area contributed by atoms with Gasteiger partial charge in [0.1, 0.15) is 0 Å². The maximum atomic E-state index is 10.6. The third-order valence-electron chi connectivity index (χ3n) is 2.66. The molecule has 1 aromatic carbocycles. The molecule has 1 rings (SSSR count). The van der Waals surface area contributed by atoms with Gasteiger partial charge in [0.2, 0.25) is 0 Å². The molecular formula is C14H18O4. The van der Waals surface area contributed by atoms with Crippen LogP contribution in [0.5, 0.6) is 11.5 Å². The van der Waals surface area contributed by atoms with Crippen LogP contribution in [0.3, 0.4) is 0 Å². The topological polar surface area (TPSA) is 55.8 Å². The Morgan fingerprint density at radius 1 is 1.28 bits per heavy atom. The Morgan fingerprint density at radius 2 is 1.94 bits per heavy atom. The van der Waals surface area contributed by atoms with Gasteiger partial charge in [-0.3, -0.25) is 4.79 Å². The van der Waals surface area contributed by atoms with Gasteiger partial charge in [0.25, 0.3) is 0 Å². The van der Waals surface area contributed by atoms with Crippen molar-refractivity contribution in [1.29, 1.82) is 0 Å². The van der Waals surface area contributed by atoms with Crippen molar-refractivity contribution in [2.45, 2.75) is 19.8 Å². The second-order valence-electron chi connectivity index (χ2n) is 3.75. The standard InChI is InChI=1S/C14H18O4/c1-4-10(6-8-14(15)16)11-5-7-12(17-2)13(9-11)18-3/h5-7,9H,4,8H2,1-3H3,(H,15,16)/b10-6+. The molecule has 1 aromatic rings. The van der Waals surface area contributed by atoms with Crippen molar-refractivity contribution in [3.05, 3.63) is 29.8 Å². The predicted molar refractivity (Wildman–Crippen MR) is 70.1 cm³/mol. The lowest BCUT2D eigenvalue weighted by Crippen LogP contribution is -1.94. The van der Waals surface area contributed by atoms with Gasteiger partial charge in [0, 0.05) is 0 Å². The number of carbonyl (C=O) groups is 1. The lowest BCUT2D eigenvalue weighted by Gasteiger charge is -2.11. The summed E-state index contributed by atoms with van der Waals surface area (Å²) in [4.78, 5) is 10.6. The highest BCUT2D eigenvalue weighted by molar-refractivity contribution is 5.75. The van der Waals surface area contributed by atoms with Crippen molar-refractivity contribution in [3.8, 4) is 11.5 Å². The highest BCUT2D eigenvalue weighted by Gasteiger charge is 2.07. The molecule has 0 aliphatic rings. The van der Waals surface area contributed by atoms with Crippen LogP contribution in [-0.4, -0.2) is 25.3 Å². The van der Waals surface area contributed by atoms with E-state index in [2.05, 4.69) is 0 Å². The summed E-state index contributed by atoms with van der Waals surface area (Å²) in [5, 5.41) is 8.70. The van der Waals surface area contributed by atoms with Crippen LogP contribution in [0.25, 0.3) is 5.57 Å². The van der Waals surface area contributed by atoms with E-state index in [9.17, 15) is 4.79 Å². The van der Waals surface area contributed by atoms with Crippen LogP contribution < -0.4 is 9.47 Å². The minimum absolute atomic E-state index is 0.0253. The average Bonchev–Trinajstić information content (AvgIpc) is 2.38. The summed E-state index contributed by atoms with van der Waals surface area (Å²) >= 11 is 0. The summed E-state index contributed by atoms with van der Waals surface area (Å²) in [5.41, 5.74) is 1.94. The number of benzene rings is 1. The molecule has 4 heteroatoms. The van der Waals surface area contributed by atoms with Crippen molar-refractivity contribution in [2.24, 2.45) is 0 Å². The monoisotopic (exact) mass is 250 g/mol. The predicted octanol–water partition coefficient (Wildman–Crippen LogP) is 2.97. The first-order valence-corrected chi connectivity index (χ1v) is 5.75. The van der Waals surface area contributed by atoms with Crippen LogP contribution in [0.2, 0.25) is 0 Å². The average molecular weight is 250 g/mol. The van der Waals surface area contributed by atoms with Crippen LogP contribution in [0.1, 0.15) is 25.3 Å². The van der Waals surface area contributed by atoms with Crippen molar-refractivity contribution >= 4 is 11.5 Å². The van der Waals surface area contributed by atoms with Crippen LogP contribution in [0.4, 0.5) is 0 Å². The van der Waals surface area contributed by atoms with Crippen molar-refractivity contribution < 1.29 is 19.4 Å². The molecule has 1 N–H and O–H groups in total. The van der Waals surface area contributed by atoms with Gasteiger partial charge >= 0.3 is 5.97 Å². The number of aliphatic carboxylic acids is 1. The first-order chi connectivity index (χ1) is 8.62. The Labute approximate surface area is 107 Å². The first-order valence-electron chi connectivity index (χ1n) is 5.75. The maximum absolute atomic E-state index is 10.6. The summed E-state index contributed by atoms with van der Waals surface area (Å²) in [6, 6.07) is 5.58. The second-order valence-corrected chi connectivity index (χ2v) is 3.75. The summed E-state index contributed by atoms with van der Waals surface area (Å²) in [7, 11) is 3.16. The van der Waals surface area contributed by atoms with E-state index in [4.69, 9.17) is 14.6 Å². The van der Waals surface area contributed by atoms with E-state index in [1.807, 2.05) is 25.1 Å². The molecule has 0 radical (unpaired) electrons. The number of hydrogen-bond donors (Lipinski definition) is 1. The van der Waals surface area contributed by atoms with Crippen molar-refractivity contribution in [3.63, 3.8) is 0 Å². The van der Waals surface area contributed by atoms with Crippen LogP contribution >= 0.6 is 0 Å². The molecule has 0 aromatic heterocycles. The maximum Gasteiger partial charge on any atom is 0.307 e. The SMILES string of the molecule is CC/C(=C\CC(=O)O)c1ccc(OC)c(OC)c1. The number of carboxylic acid groups (broad SMARTS) is 1. The molecule has 0 aliphatic heterocycles. The molecule has 0 heterocycles. The fraction of sp³-hybridized carbons (Fsp3) is 0.357. The largest absolute Gasteiger partial charge is 0.493 e. The molecule has 0 amide bonds. The van der Waals surface area contributed by atoms with Crippen LogP contribution in [-0.2, 0) is 4.79 Å². The highest BCUT2D eigenvalue weighted by Crippen LogP contribution is 2.31. The number of rotatable bonds is 6. The quantitative estimate of drug-likeness (QED) is 0.843. The number of hydrogen-bond acceptors (Lipinski definition) is 3. The fourth-order valence-corrected chi connectivity index (χ4v) is 1.71. The van der Waals surface area contributed by atoms with E-state index >= 15 is 0 Å². The van der Waals surface area contributed by atoms with E-state index in [1.54, 1.807) is 20.3 Å². The third kappa shape index (κ3) is 3.52. The molecule has 0 atom stereocenters. The molecule has 4 nitrogen and oxygen atoms in total. The zero-order chi connectivity index (χ0) is 13.5. The minimum Gasteiger partial charge on any atom is -0.493 e. The Bertz CT molecular complexity index is 449. The third-order valence-corrected chi connectivity index (χ3v) is 2.66. The van der Waals surface area contributed by atoms with E-state index in [1.165, 1.54) is 0 Å². The van der Waals surface area contributed by atoms with Gasteiger partial charge < -0.3 is 14.6 Å². The fourth-order valence-electron chi connectivity index (χ4n) is 1.71. The lowest BCUT2D eigenvalue weighted by molar-refractivity contribution is -0.135. The van der Waals surface area contributed by atoms with Gasteiger partial charge in [-0.05, 0) is 29.7 Å². The van der Waals surface area contributed by atoms with Gasteiger partial charge in [-0.25, -0.2) is 0 Å². The normalized spacial score (nSPS) is 11.2. The molecular weight excluding hydrogens is 232 g/mol. The van der Waals surface area contributed by atoms with E-state index in [-0.39, 0.29) is 6.42 Å². The first kappa shape index (κ1) is 14.1. The summed E-state index contributed by atoms with van der Waals surface area (Å²) in [6.07, 6.45) is 2.52. The van der Waals surface area contributed by atoms with Crippen molar-refractivity contribution in [1.82, 2.24) is 0 Å². The lowest BCUT2D eigenvalue weighted by atomic mass is 10.0. The number of allylic oxidation sites excluding steroid dienone is 1. The summed E-state index contributed by atoms with van der Waals surface area (Å²) in [6.45, 7) is 1.99. The van der Waals surface area contributed by atoms with Gasteiger partial charge in [-0.2, -0.15) is 0 Å². The summed E-state index contributed by atoms with van der Waals surface area (Å²) < 4.78 is 10.4. The summed E-state index contributed by atoms with van der Waals surface area (Å²) in [5.74, 6) is 0.473. The molecule has 0 spiro atoms. The van der Waals surface area contributed by atoms with Crippen molar-refractivity contribution in [2.75, 3.05) is 14.2 Å². The van der Waals surface area contributed by atoms with Gasteiger partial charge in [0.05, 0.1) is 20.6 Å². The van der Waals surface area contributed by atoms with Gasteiger partial charge in [-0.1, -0.05) is 19.1 Å². The Hall–Kier alpha value is -1.97. The van der Waals surface area contributed by atoms with E-state index in [0.717, 1.165) is 17.6 Å². The molecule has 18 heavy (non-hydrogen) atoms. The zero-order valence-corrected chi connectivity index (χ0v) is 10.9. The molecule has 0 unspecified atom stereocenters. The molecule has 0 aliphatic carbocycles. The Morgan fingerprint density at radius 3 is 2.44 bits per heavy atom. The highest BCUT2D eigenvalue weighted by atomic mass is 16.5. The number of ether oxygens (including phenoxy) is 2. The van der Waals surface area contributed by atoms with Gasteiger partial charge in [0.15, 0.2) is 11.5 Å². The number of methoxy groups -OCH3 is 2. The smallest absolute Gasteiger partial charge is 0.307 e. The molecule has 98 valence electrons. The Balaban J connectivity index is 3.07. The van der Waals surface area contributed by atoms with E-state index < -0.39 is 5.97 Å². The second kappa shape index (κ2) is 6.69. The van der Waals surface area contributed by atoms with Gasteiger partial charge in [-0.15, -0.1) is 0 Å². The molecule has 0 fully saturated rings. The Kier molecular flexibility index (Phi) is 5.24.